The number of carboxylic acid groups (broad SMARTS) is 1. The lowest BCUT2D eigenvalue weighted by Crippen LogP contribution is -2.25. The smallest absolute Gasteiger partial charge is 0.303 e. The predicted octanol–water partition coefficient (Wildman–Crippen LogP) is 3.91. The minimum Gasteiger partial charge on any atom is -0.488 e. The number of halogens is 2. The van der Waals surface area contributed by atoms with Gasteiger partial charge in [0, 0.05) is 23.7 Å². The van der Waals surface area contributed by atoms with Crippen LogP contribution < -0.4 is 9.47 Å². The van der Waals surface area contributed by atoms with Gasteiger partial charge >= 0.3 is 5.97 Å². The van der Waals surface area contributed by atoms with E-state index in [4.69, 9.17) is 14.6 Å². The van der Waals surface area contributed by atoms with Crippen molar-refractivity contribution < 1.29 is 28.2 Å². The maximum Gasteiger partial charge on any atom is 0.303 e. The van der Waals surface area contributed by atoms with Crippen molar-refractivity contribution >= 4 is 5.97 Å². The van der Waals surface area contributed by atoms with Gasteiger partial charge in [-0.05, 0) is 44.7 Å². The minimum atomic E-state index is -0.994. The lowest BCUT2D eigenvalue weighted by Gasteiger charge is -2.25. The van der Waals surface area contributed by atoms with Crippen molar-refractivity contribution in [2.45, 2.75) is 45.1 Å². The Bertz CT molecular complexity index is 817. The third kappa shape index (κ3) is 4.90. The van der Waals surface area contributed by atoms with E-state index in [9.17, 15) is 13.6 Å². The summed E-state index contributed by atoms with van der Waals surface area (Å²) >= 11 is 0. The number of aryl methyl sites for hydroxylation is 1. The second kappa shape index (κ2) is 8.28. The summed E-state index contributed by atoms with van der Waals surface area (Å²) in [6.07, 6.45) is 3.19. The second-order valence-corrected chi connectivity index (χ2v) is 6.46. The van der Waals surface area contributed by atoms with Gasteiger partial charge in [0.15, 0.2) is 23.2 Å². The van der Waals surface area contributed by atoms with Gasteiger partial charge in [-0.15, -0.1) is 0 Å². The quantitative estimate of drug-likeness (QED) is 0.702. The molecule has 1 aromatic carbocycles. The highest BCUT2D eigenvalue weighted by molar-refractivity contribution is 5.66. The third-order valence-electron chi connectivity index (χ3n) is 4.21. The first-order valence-corrected chi connectivity index (χ1v) is 8.78. The van der Waals surface area contributed by atoms with E-state index in [0.717, 1.165) is 31.4 Å². The number of carbonyl (C=O) groups is 1. The summed E-state index contributed by atoms with van der Waals surface area (Å²) in [4.78, 5) is 19.0. The number of aliphatic carboxylic acids is 1. The molecule has 0 saturated heterocycles. The van der Waals surface area contributed by atoms with E-state index in [-0.39, 0.29) is 36.9 Å². The summed E-state index contributed by atoms with van der Waals surface area (Å²) in [5, 5.41) is 8.57. The molecule has 1 aliphatic rings. The van der Waals surface area contributed by atoms with Crippen LogP contribution in [0.15, 0.2) is 18.2 Å². The zero-order chi connectivity index (χ0) is 19.4. The SMILES string of the molecule is Cc1cc(OC2CCC2)nc(-c2cc(F)c(OCCCC(=O)O)c(F)c2)n1. The third-order valence-corrected chi connectivity index (χ3v) is 4.21. The van der Waals surface area contributed by atoms with E-state index in [2.05, 4.69) is 9.97 Å². The van der Waals surface area contributed by atoms with Gasteiger partial charge in [-0.2, -0.15) is 4.98 Å². The summed E-state index contributed by atoms with van der Waals surface area (Å²) in [6, 6.07) is 3.88. The van der Waals surface area contributed by atoms with E-state index in [1.54, 1.807) is 13.0 Å². The van der Waals surface area contributed by atoms with E-state index >= 15 is 0 Å². The highest BCUT2D eigenvalue weighted by Gasteiger charge is 2.21. The molecule has 1 aliphatic carbocycles. The van der Waals surface area contributed by atoms with Crippen molar-refractivity contribution in [1.29, 1.82) is 0 Å². The topological polar surface area (TPSA) is 81.5 Å². The van der Waals surface area contributed by atoms with Crippen LogP contribution in [0.3, 0.4) is 0 Å². The van der Waals surface area contributed by atoms with Crippen LogP contribution in [-0.2, 0) is 4.79 Å². The number of nitrogens with zero attached hydrogens (tertiary/aromatic N) is 2. The Balaban J connectivity index is 1.77. The molecule has 3 rings (SSSR count). The first kappa shape index (κ1) is 19.0. The molecule has 1 saturated carbocycles. The maximum atomic E-state index is 14.3. The molecule has 1 aromatic heterocycles. The van der Waals surface area contributed by atoms with Crippen molar-refractivity contribution in [3.05, 3.63) is 35.5 Å². The van der Waals surface area contributed by atoms with Crippen molar-refractivity contribution in [3.8, 4) is 23.0 Å². The monoisotopic (exact) mass is 378 g/mol. The predicted molar refractivity (Wildman–Crippen MR) is 92.8 cm³/mol. The van der Waals surface area contributed by atoms with Crippen LogP contribution in [0, 0.1) is 18.6 Å². The summed E-state index contributed by atoms with van der Waals surface area (Å²) < 4.78 is 39.4. The Morgan fingerprint density at radius 1 is 1.22 bits per heavy atom. The largest absolute Gasteiger partial charge is 0.488 e. The summed E-state index contributed by atoms with van der Waals surface area (Å²) in [5.74, 6) is -2.77. The lowest BCUT2D eigenvalue weighted by molar-refractivity contribution is -0.137. The number of ether oxygens (including phenoxy) is 2. The number of carboxylic acids is 1. The number of benzene rings is 1. The molecule has 1 fully saturated rings. The van der Waals surface area contributed by atoms with Crippen LogP contribution in [0.4, 0.5) is 8.78 Å². The molecule has 0 unspecified atom stereocenters. The van der Waals surface area contributed by atoms with Crippen molar-refractivity contribution in [3.63, 3.8) is 0 Å². The Hall–Kier alpha value is -2.77. The van der Waals surface area contributed by atoms with E-state index < -0.39 is 23.4 Å². The second-order valence-electron chi connectivity index (χ2n) is 6.46. The molecule has 0 bridgehead atoms. The molecule has 144 valence electrons. The van der Waals surface area contributed by atoms with Gasteiger partial charge in [0.25, 0.3) is 0 Å². The van der Waals surface area contributed by atoms with Crippen LogP contribution in [0.1, 0.15) is 37.8 Å². The van der Waals surface area contributed by atoms with Crippen LogP contribution in [0.5, 0.6) is 11.6 Å². The van der Waals surface area contributed by atoms with Crippen molar-refractivity contribution in [2.75, 3.05) is 6.61 Å². The fourth-order valence-electron chi connectivity index (χ4n) is 2.61. The molecule has 0 radical (unpaired) electrons. The molecule has 0 spiro atoms. The highest BCUT2D eigenvalue weighted by atomic mass is 19.1. The summed E-state index contributed by atoms with van der Waals surface area (Å²) in [6.45, 7) is 1.66. The van der Waals surface area contributed by atoms with Gasteiger partial charge < -0.3 is 14.6 Å². The van der Waals surface area contributed by atoms with Crippen LogP contribution in [0.25, 0.3) is 11.4 Å². The number of hydrogen-bond donors (Lipinski definition) is 1. The van der Waals surface area contributed by atoms with E-state index in [1.165, 1.54) is 0 Å². The van der Waals surface area contributed by atoms with Gasteiger partial charge in [-0.25, -0.2) is 13.8 Å². The molecular formula is C19H20F2N2O4. The molecule has 1 N–H and O–H groups in total. The normalized spacial score (nSPS) is 13.9. The van der Waals surface area contributed by atoms with Gasteiger partial charge in [0.1, 0.15) is 6.10 Å². The average molecular weight is 378 g/mol. The van der Waals surface area contributed by atoms with Crippen molar-refractivity contribution in [2.24, 2.45) is 0 Å². The molecule has 8 heteroatoms. The molecular weight excluding hydrogens is 358 g/mol. The van der Waals surface area contributed by atoms with Crippen molar-refractivity contribution in [1.82, 2.24) is 9.97 Å². The first-order valence-electron chi connectivity index (χ1n) is 8.78. The van der Waals surface area contributed by atoms with Crippen LogP contribution >= 0.6 is 0 Å². The fraction of sp³-hybridized carbons (Fsp3) is 0.421. The van der Waals surface area contributed by atoms with Gasteiger partial charge in [-0.3, -0.25) is 4.79 Å². The fourth-order valence-corrected chi connectivity index (χ4v) is 2.61. The summed E-state index contributed by atoms with van der Waals surface area (Å²) in [7, 11) is 0. The first-order chi connectivity index (χ1) is 12.9. The Morgan fingerprint density at radius 2 is 1.93 bits per heavy atom. The van der Waals surface area contributed by atoms with Gasteiger partial charge in [-0.1, -0.05) is 0 Å². The number of hydrogen-bond acceptors (Lipinski definition) is 5. The lowest BCUT2D eigenvalue weighted by atomic mass is 9.96. The van der Waals surface area contributed by atoms with E-state index in [1.807, 2.05) is 0 Å². The molecule has 27 heavy (non-hydrogen) atoms. The van der Waals surface area contributed by atoms with Crippen LogP contribution in [-0.4, -0.2) is 33.8 Å². The summed E-state index contributed by atoms with van der Waals surface area (Å²) in [5.41, 5.74) is 0.800. The Kier molecular flexibility index (Phi) is 5.83. The molecule has 0 aliphatic heterocycles. The van der Waals surface area contributed by atoms with E-state index in [0.29, 0.717) is 11.6 Å². The molecule has 2 aromatic rings. The zero-order valence-electron chi connectivity index (χ0n) is 14.9. The van der Waals surface area contributed by atoms with Crippen LogP contribution in [0.2, 0.25) is 0 Å². The average Bonchev–Trinajstić information content (AvgIpc) is 2.56. The number of rotatable bonds is 8. The number of aromatic nitrogens is 2. The van der Waals surface area contributed by atoms with Gasteiger partial charge in [0.05, 0.1) is 6.61 Å². The highest BCUT2D eigenvalue weighted by Crippen LogP contribution is 2.30. The standard InChI is InChI=1S/C19H20F2N2O4/c1-11-8-16(27-13-4-2-5-13)23-19(22-11)12-9-14(20)18(15(21)10-12)26-7-3-6-17(24)25/h8-10,13H,2-7H2,1H3,(H,24,25). The molecule has 6 nitrogen and oxygen atoms in total. The molecule has 1 heterocycles. The zero-order valence-corrected chi connectivity index (χ0v) is 14.9. The van der Waals surface area contributed by atoms with Gasteiger partial charge in [0.2, 0.25) is 5.88 Å². The Labute approximate surface area is 155 Å². The molecule has 0 atom stereocenters. The molecule has 0 amide bonds. The Morgan fingerprint density at radius 3 is 2.52 bits per heavy atom. The maximum absolute atomic E-state index is 14.3. The minimum absolute atomic E-state index is 0.0974.